The molecule has 2 amide bonds. The smallest absolute Gasteiger partial charge is 0.397 e. The number of carboxylic acids is 1. The summed E-state index contributed by atoms with van der Waals surface area (Å²) in [6.07, 6.45) is -3.72. The molecule has 5 N–H and O–H groups in total. The Bertz CT molecular complexity index is 1300. The van der Waals surface area contributed by atoms with Crippen LogP contribution >= 0.6 is 11.6 Å². The molecule has 2 unspecified atom stereocenters. The van der Waals surface area contributed by atoms with Gasteiger partial charge in [-0.2, -0.15) is 13.2 Å². The third-order valence-electron chi connectivity index (χ3n) is 6.08. The van der Waals surface area contributed by atoms with Crippen molar-refractivity contribution in [3.8, 4) is 0 Å². The molecular formula is C25H27ClF4N6O4. The van der Waals surface area contributed by atoms with E-state index in [1.807, 2.05) is 0 Å². The number of pyridine rings is 1. The van der Waals surface area contributed by atoms with Crippen molar-refractivity contribution in [2.75, 3.05) is 25.0 Å². The van der Waals surface area contributed by atoms with Gasteiger partial charge in [0.15, 0.2) is 5.96 Å². The average Bonchev–Trinajstić information content (AvgIpc) is 2.87. The average molecular weight is 587 g/mol. The Kier molecular flexibility index (Phi) is 9.56. The zero-order chi connectivity index (χ0) is 29.7. The predicted molar refractivity (Wildman–Crippen MR) is 139 cm³/mol. The topological polar surface area (TPSA) is 145 Å². The maximum atomic E-state index is 13.6. The highest BCUT2D eigenvalue weighted by Gasteiger charge is 2.48. The molecule has 0 spiro atoms. The van der Waals surface area contributed by atoms with Gasteiger partial charge < -0.3 is 26.4 Å². The Labute approximate surface area is 231 Å². The molecule has 40 heavy (non-hydrogen) atoms. The van der Waals surface area contributed by atoms with E-state index < -0.39 is 54.6 Å². The molecule has 0 fully saturated rings. The van der Waals surface area contributed by atoms with Gasteiger partial charge in [-0.25, -0.2) is 9.38 Å². The van der Waals surface area contributed by atoms with E-state index in [4.69, 9.17) is 11.6 Å². The van der Waals surface area contributed by atoms with Crippen LogP contribution in [0.4, 0.5) is 23.2 Å². The number of halogens is 5. The van der Waals surface area contributed by atoms with Crippen molar-refractivity contribution in [1.82, 2.24) is 20.9 Å². The minimum absolute atomic E-state index is 0.0164. The zero-order valence-electron chi connectivity index (χ0n) is 21.4. The van der Waals surface area contributed by atoms with Gasteiger partial charge >= 0.3 is 12.1 Å². The fourth-order valence-electron chi connectivity index (χ4n) is 3.64. The van der Waals surface area contributed by atoms with Gasteiger partial charge in [-0.3, -0.25) is 19.4 Å². The maximum Gasteiger partial charge on any atom is 0.397 e. The molecule has 3 rings (SSSR count). The summed E-state index contributed by atoms with van der Waals surface area (Å²) in [7, 11) is 0. The number of aliphatic carboxylic acids is 1. The number of carbonyl (C=O) groups is 3. The summed E-state index contributed by atoms with van der Waals surface area (Å²) >= 11 is 6.05. The van der Waals surface area contributed by atoms with Gasteiger partial charge in [-0.05, 0) is 43.2 Å². The number of aromatic nitrogens is 1. The standard InChI is InChI=1S/C25H27ClF4N6O4/c1-24(2,25(28,29)30)15-3-13(4-16(26)6-15)19(7-21(38)39)36-20(37)12-32-22(40)14-5-18(11-31-8-14)35-23-33-9-17(27)10-34-23/h3-6,8,11,17,19H,7,9-10,12H2,1-2H3,(H,32,40)(H,36,37)(H,38,39)(H2,33,34,35). The van der Waals surface area contributed by atoms with Gasteiger partial charge in [0.25, 0.3) is 5.91 Å². The molecule has 10 nitrogen and oxygen atoms in total. The quantitative estimate of drug-likeness (QED) is 0.283. The van der Waals surface area contributed by atoms with Crippen molar-refractivity contribution in [1.29, 1.82) is 0 Å². The molecule has 15 heteroatoms. The monoisotopic (exact) mass is 586 g/mol. The van der Waals surface area contributed by atoms with E-state index in [1.165, 1.54) is 24.5 Å². The first kappa shape index (κ1) is 30.6. The van der Waals surface area contributed by atoms with Gasteiger partial charge in [-0.15, -0.1) is 0 Å². The van der Waals surface area contributed by atoms with Crippen molar-refractivity contribution in [2.24, 2.45) is 4.99 Å². The van der Waals surface area contributed by atoms with Gasteiger partial charge in [-0.1, -0.05) is 17.7 Å². The fourth-order valence-corrected chi connectivity index (χ4v) is 3.89. The SMILES string of the molecule is CC(C)(c1cc(Cl)cc(C(CC(=O)O)NC(=O)CNC(=O)c2cncc(NC3=NCC(F)CN3)c2)c1)C(F)(F)F. The molecule has 1 aromatic heterocycles. The lowest BCUT2D eigenvalue weighted by molar-refractivity contribution is -0.180. The minimum atomic E-state index is -4.62. The Hall–Kier alpha value is -3.94. The Morgan fingerprint density at radius 1 is 1.18 bits per heavy atom. The number of carbonyl (C=O) groups excluding carboxylic acids is 2. The van der Waals surface area contributed by atoms with E-state index in [0.717, 1.165) is 26.0 Å². The lowest BCUT2D eigenvalue weighted by Gasteiger charge is -2.29. The van der Waals surface area contributed by atoms with Gasteiger partial charge in [0.2, 0.25) is 5.91 Å². The molecule has 1 aromatic carbocycles. The van der Waals surface area contributed by atoms with Crippen molar-refractivity contribution >= 4 is 41.0 Å². The minimum Gasteiger partial charge on any atom is -0.481 e. The summed E-state index contributed by atoms with van der Waals surface area (Å²) in [5.74, 6) is -2.49. The second-order valence-corrected chi connectivity index (χ2v) is 9.99. The number of hydrogen-bond acceptors (Lipinski definition) is 7. The van der Waals surface area contributed by atoms with Crippen molar-refractivity contribution in [3.63, 3.8) is 0 Å². The number of guanidine groups is 1. The summed E-state index contributed by atoms with van der Waals surface area (Å²) in [4.78, 5) is 44.6. The third kappa shape index (κ3) is 8.04. The largest absolute Gasteiger partial charge is 0.481 e. The number of carboxylic acid groups (broad SMARTS) is 1. The van der Waals surface area contributed by atoms with Crippen LogP contribution in [0, 0.1) is 0 Å². The molecule has 2 atom stereocenters. The fraction of sp³-hybridized carbons (Fsp3) is 0.400. The van der Waals surface area contributed by atoms with Crippen LogP contribution in [-0.2, 0) is 15.0 Å². The van der Waals surface area contributed by atoms with E-state index in [-0.39, 0.29) is 34.8 Å². The molecule has 1 aliphatic heterocycles. The highest BCUT2D eigenvalue weighted by atomic mass is 35.5. The number of hydrogen-bond donors (Lipinski definition) is 5. The second-order valence-electron chi connectivity index (χ2n) is 9.55. The van der Waals surface area contributed by atoms with E-state index >= 15 is 0 Å². The second kappa shape index (κ2) is 12.5. The number of rotatable bonds is 9. The van der Waals surface area contributed by atoms with Crippen LogP contribution in [0.1, 0.15) is 47.8 Å². The van der Waals surface area contributed by atoms with Gasteiger partial charge in [0.1, 0.15) is 6.17 Å². The van der Waals surface area contributed by atoms with Gasteiger partial charge in [0.05, 0.1) is 55.0 Å². The first-order valence-electron chi connectivity index (χ1n) is 12.0. The normalized spacial score (nSPS) is 16.3. The van der Waals surface area contributed by atoms with Crippen molar-refractivity contribution < 1.29 is 37.1 Å². The Morgan fingerprint density at radius 2 is 1.90 bits per heavy atom. The molecular weight excluding hydrogens is 560 g/mol. The van der Waals surface area contributed by atoms with E-state index in [2.05, 4.69) is 31.2 Å². The van der Waals surface area contributed by atoms with Crippen LogP contribution in [0.5, 0.6) is 0 Å². The third-order valence-corrected chi connectivity index (χ3v) is 6.30. The highest BCUT2D eigenvalue weighted by molar-refractivity contribution is 6.30. The molecule has 1 aliphatic rings. The highest BCUT2D eigenvalue weighted by Crippen LogP contribution is 2.42. The zero-order valence-corrected chi connectivity index (χ0v) is 22.2. The number of aliphatic imine (C=N–C) groups is 1. The van der Waals surface area contributed by atoms with Crippen LogP contribution in [0.15, 0.2) is 41.7 Å². The predicted octanol–water partition coefficient (Wildman–Crippen LogP) is 3.35. The summed E-state index contributed by atoms with van der Waals surface area (Å²) in [5, 5.41) is 19.7. The summed E-state index contributed by atoms with van der Waals surface area (Å²) < 4.78 is 54.0. The first-order chi connectivity index (χ1) is 18.7. The molecule has 216 valence electrons. The first-order valence-corrected chi connectivity index (χ1v) is 12.3. The van der Waals surface area contributed by atoms with Crippen LogP contribution in [0.3, 0.4) is 0 Å². The van der Waals surface area contributed by atoms with Crippen LogP contribution in [0.25, 0.3) is 0 Å². The summed E-state index contributed by atoms with van der Waals surface area (Å²) in [6, 6.07) is 3.74. The summed E-state index contributed by atoms with van der Waals surface area (Å²) in [5.41, 5.74) is -2.00. The number of anilines is 1. The number of alkyl halides is 4. The van der Waals surface area contributed by atoms with Crippen LogP contribution in [0.2, 0.25) is 5.02 Å². The van der Waals surface area contributed by atoms with E-state index in [0.29, 0.717) is 11.6 Å². The maximum absolute atomic E-state index is 13.6. The van der Waals surface area contributed by atoms with Crippen LogP contribution in [-0.4, -0.2) is 65.8 Å². The van der Waals surface area contributed by atoms with E-state index in [1.54, 1.807) is 0 Å². The van der Waals surface area contributed by atoms with Crippen LogP contribution < -0.4 is 21.3 Å². The molecule has 2 heterocycles. The Balaban J connectivity index is 1.68. The number of amides is 2. The number of benzene rings is 1. The number of nitrogens with zero attached hydrogens (tertiary/aromatic N) is 2. The molecule has 0 saturated heterocycles. The van der Waals surface area contributed by atoms with Crippen molar-refractivity contribution in [2.45, 2.75) is 44.1 Å². The van der Waals surface area contributed by atoms with Crippen molar-refractivity contribution in [3.05, 3.63) is 58.4 Å². The van der Waals surface area contributed by atoms with E-state index in [9.17, 15) is 37.1 Å². The molecule has 2 aromatic rings. The molecule has 0 saturated carbocycles. The molecule has 0 radical (unpaired) electrons. The molecule has 0 bridgehead atoms. The Morgan fingerprint density at radius 3 is 2.52 bits per heavy atom. The summed E-state index contributed by atoms with van der Waals surface area (Å²) in [6.45, 7) is 1.41. The lowest BCUT2D eigenvalue weighted by atomic mass is 9.82. The molecule has 0 aliphatic carbocycles. The number of nitrogens with one attached hydrogen (secondary N) is 4. The lowest BCUT2D eigenvalue weighted by Crippen LogP contribution is -2.41. The van der Waals surface area contributed by atoms with Gasteiger partial charge in [0, 0.05) is 11.2 Å².